The van der Waals surface area contributed by atoms with Gasteiger partial charge in [-0.05, 0) is 36.6 Å². The van der Waals surface area contributed by atoms with Crippen molar-refractivity contribution in [2.24, 2.45) is 0 Å². The second-order valence-corrected chi connectivity index (χ2v) is 6.30. The average molecular weight is 320 g/mol. The molecule has 0 bridgehead atoms. The maximum atomic E-state index is 11.2. The van der Waals surface area contributed by atoms with Crippen LogP contribution in [-0.2, 0) is 10.1 Å². The second kappa shape index (κ2) is 4.72. The van der Waals surface area contributed by atoms with E-state index in [1.165, 1.54) is 16.8 Å². The molecule has 0 unspecified atom stereocenters. The van der Waals surface area contributed by atoms with Crippen molar-refractivity contribution in [3.05, 3.63) is 42.1 Å². The second-order valence-electron chi connectivity index (χ2n) is 4.88. The lowest BCUT2D eigenvalue weighted by atomic mass is 10.1. The zero-order valence-electron chi connectivity index (χ0n) is 11.4. The van der Waals surface area contributed by atoms with E-state index in [0.717, 1.165) is 6.07 Å². The standard InChI is InChI=1S/C14H12N2O5S/c1-8-4-14(18)16(15-8)10-2-3-12-9(5-10)6-11(7-13(12)17)22(19,20)21/h2-7,17-18H,1H3,(H,19,20,21). The van der Waals surface area contributed by atoms with E-state index in [1.807, 2.05) is 0 Å². The lowest BCUT2D eigenvalue weighted by molar-refractivity contribution is 0.433. The molecule has 0 aliphatic carbocycles. The molecule has 0 saturated heterocycles. The fourth-order valence-electron chi connectivity index (χ4n) is 2.27. The van der Waals surface area contributed by atoms with Gasteiger partial charge in [-0.15, -0.1) is 0 Å². The first-order chi connectivity index (χ1) is 10.3. The molecule has 8 heteroatoms. The number of fused-ring (bicyclic) bond motifs is 1. The van der Waals surface area contributed by atoms with Crippen molar-refractivity contribution in [3.63, 3.8) is 0 Å². The molecule has 1 aromatic heterocycles. The smallest absolute Gasteiger partial charge is 0.294 e. The highest BCUT2D eigenvalue weighted by atomic mass is 32.2. The summed E-state index contributed by atoms with van der Waals surface area (Å²) >= 11 is 0. The molecule has 0 amide bonds. The third-order valence-corrected chi connectivity index (χ3v) is 4.07. The van der Waals surface area contributed by atoms with Gasteiger partial charge >= 0.3 is 0 Å². The predicted molar refractivity (Wildman–Crippen MR) is 79.0 cm³/mol. The Labute approximate surface area is 125 Å². The monoisotopic (exact) mass is 320 g/mol. The Morgan fingerprint density at radius 2 is 1.82 bits per heavy atom. The van der Waals surface area contributed by atoms with Crippen LogP contribution in [-0.4, -0.2) is 33.0 Å². The van der Waals surface area contributed by atoms with Crippen LogP contribution in [0.2, 0.25) is 0 Å². The minimum Gasteiger partial charge on any atom is -0.507 e. The molecule has 3 N–H and O–H groups in total. The number of phenols is 1. The van der Waals surface area contributed by atoms with Gasteiger partial charge < -0.3 is 10.2 Å². The Balaban J connectivity index is 2.27. The van der Waals surface area contributed by atoms with Crippen LogP contribution in [0.1, 0.15) is 5.69 Å². The third-order valence-electron chi connectivity index (χ3n) is 3.24. The van der Waals surface area contributed by atoms with E-state index in [1.54, 1.807) is 25.1 Å². The summed E-state index contributed by atoms with van der Waals surface area (Å²) in [4.78, 5) is -0.407. The van der Waals surface area contributed by atoms with Gasteiger partial charge in [0.05, 0.1) is 16.3 Å². The number of aryl methyl sites for hydroxylation is 1. The van der Waals surface area contributed by atoms with Crippen molar-refractivity contribution >= 4 is 20.9 Å². The van der Waals surface area contributed by atoms with Crippen molar-refractivity contribution in [1.82, 2.24) is 9.78 Å². The molecule has 0 fully saturated rings. The van der Waals surface area contributed by atoms with Gasteiger partial charge in [0.15, 0.2) is 0 Å². The molecule has 2 aromatic carbocycles. The largest absolute Gasteiger partial charge is 0.507 e. The highest BCUT2D eigenvalue weighted by Crippen LogP contribution is 2.31. The van der Waals surface area contributed by atoms with E-state index >= 15 is 0 Å². The zero-order chi connectivity index (χ0) is 16.1. The minimum atomic E-state index is -4.43. The highest BCUT2D eigenvalue weighted by Gasteiger charge is 2.14. The first kappa shape index (κ1) is 14.4. The number of aromatic hydroxyl groups is 2. The SMILES string of the molecule is Cc1cc(O)n(-c2ccc3c(O)cc(S(=O)(=O)O)cc3c2)n1. The zero-order valence-corrected chi connectivity index (χ0v) is 12.2. The van der Waals surface area contributed by atoms with Crippen molar-refractivity contribution in [2.75, 3.05) is 0 Å². The van der Waals surface area contributed by atoms with E-state index < -0.39 is 15.0 Å². The van der Waals surface area contributed by atoms with Crippen LogP contribution in [0.15, 0.2) is 41.3 Å². The number of aromatic nitrogens is 2. The van der Waals surface area contributed by atoms with Gasteiger partial charge in [0, 0.05) is 17.5 Å². The lowest BCUT2D eigenvalue weighted by Gasteiger charge is -2.08. The quantitative estimate of drug-likeness (QED) is 0.622. The van der Waals surface area contributed by atoms with Crippen LogP contribution in [0.4, 0.5) is 0 Å². The first-order valence-electron chi connectivity index (χ1n) is 6.26. The van der Waals surface area contributed by atoms with Gasteiger partial charge in [0.2, 0.25) is 5.88 Å². The molecule has 0 aliphatic heterocycles. The first-order valence-corrected chi connectivity index (χ1v) is 7.70. The van der Waals surface area contributed by atoms with Crippen LogP contribution in [0.5, 0.6) is 11.6 Å². The molecule has 0 atom stereocenters. The summed E-state index contributed by atoms with van der Waals surface area (Å²) in [6.07, 6.45) is 0. The molecular weight excluding hydrogens is 308 g/mol. The Hall–Kier alpha value is -2.58. The molecule has 0 saturated carbocycles. The molecule has 0 radical (unpaired) electrons. The maximum Gasteiger partial charge on any atom is 0.294 e. The molecule has 0 aliphatic rings. The van der Waals surface area contributed by atoms with Gasteiger partial charge in [-0.1, -0.05) is 0 Å². The van der Waals surface area contributed by atoms with Crippen molar-refractivity contribution in [2.45, 2.75) is 11.8 Å². The Morgan fingerprint density at radius 3 is 2.41 bits per heavy atom. The van der Waals surface area contributed by atoms with Crippen LogP contribution < -0.4 is 0 Å². The Morgan fingerprint density at radius 1 is 1.09 bits per heavy atom. The number of hydrogen-bond acceptors (Lipinski definition) is 5. The topological polar surface area (TPSA) is 113 Å². The summed E-state index contributed by atoms with van der Waals surface area (Å²) < 4.78 is 32.8. The Kier molecular flexibility index (Phi) is 3.08. The van der Waals surface area contributed by atoms with Crippen molar-refractivity contribution in [1.29, 1.82) is 0 Å². The van der Waals surface area contributed by atoms with Gasteiger partial charge in [-0.25, -0.2) is 4.68 Å². The van der Waals surface area contributed by atoms with Crippen LogP contribution in [0, 0.1) is 6.92 Å². The number of phenolic OH excluding ortho intramolecular Hbond substituents is 1. The molecule has 114 valence electrons. The molecular formula is C14H12N2O5S. The lowest BCUT2D eigenvalue weighted by Crippen LogP contribution is -1.99. The molecule has 7 nitrogen and oxygen atoms in total. The summed E-state index contributed by atoms with van der Waals surface area (Å²) in [5, 5.41) is 24.6. The number of benzene rings is 2. The summed E-state index contributed by atoms with van der Waals surface area (Å²) in [6, 6.07) is 8.45. The molecule has 3 aromatic rings. The molecule has 1 heterocycles. The molecule has 22 heavy (non-hydrogen) atoms. The summed E-state index contributed by atoms with van der Waals surface area (Å²) in [6.45, 7) is 1.72. The minimum absolute atomic E-state index is 0.0630. The normalized spacial score (nSPS) is 11.9. The van der Waals surface area contributed by atoms with Crippen molar-refractivity contribution < 1.29 is 23.2 Å². The average Bonchev–Trinajstić information content (AvgIpc) is 2.76. The summed E-state index contributed by atoms with van der Waals surface area (Å²) in [7, 11) is -4.43. The predicted octanol–water partition coefficient (Wildman–Crippen LogP) is 1.99. The molecule has 3 rings (SSSR count). The van der Waals surface area contributed by atoms with Gasteiger partial charge in [-0.2, -0.15) is 13.5 Å². The summed E-state index contributed by atoms with van der Waals surface area (Å²) in [5.41, 5.74) is 1.11. The van der Waals surface area contributed by atoms with Gasteiger partial charge in [0.25, 0.3) is 10.1 Å². The fraction of sp³-hybridized carbons (Fsp3) is 0.0714. The van der Waals surface area contributed by atoms with E-state index in [-0.39, 0.29) is 11.6 Å². The van der Waals surface area contributed by atoms with Crippen LogP contribution in [0.3, 0.4) is 0 Å². The third kappa shape index (κ3) is 2.38. The molecule has 0 spiro atoms. The van der Waals surface area contributed by atoms with E-state index in [9.17, 15) is 18.6 Å². The van der Waals surface area contributed by atoms with Gasteiger partial charge in [0.1, 0.15) is 5.75 Å². The number of nitrogens with zero attached hydrogens (tertiary/aromatic N) is 2. The van der Waals surface area contributed by atoms with Gasteiger partial charge in [-0.3, -0.25) is 4.55 Å². The Bertz CT molecular complexity index is 992. The van der Waals surface area contributed by atoms with Crippen molar-refractivity contribution in [3.8, 4) is 17.3 Å². The number of rotatable bonds is 2. The van der Waals surface area contributed by atoms with Crippen LogP contribution >= 0.6 is 0 Å². The summed E-state index contributed by atoms with van der Waals surface area (Å²) in [5.74, 6) is -0.329. The van der Waals surface area contributed by atoms with Crippen LogP contribution in [0.25, 0.3) is 16.5 Å². The fourth-order valence-corrected chi connectivity index (χ4v) is 2.80. The van der Waals surface area contributed by atoms with E-state index in [2.05, 4.69) is 5.10 Å². The maximum absolute atomic E-state index is 11.2. The number of hydrogen-bond donors (Lipinski definition) is 3. The van der Waals surface area contributed by atoms with E-state index in [4.69, 9.17) is 4.55 Å². The van der Waals surface area contributed by atoms with E-state index in [0.29, 0.717) is 22.2 Å². The highest BCUT2D eigenvalue weighted by molar-refractivity contribution is 7.85.